The van der Waals surface area contributed by atoms with Crippen LogP contribution in [0.4, 0.5) is 0 Å². The van der Waals surface area contributed by atoms with Gasteiger partial charge in [0.25, 0.3) is 0 Å². The molecule has 39 heavy (non-hydrogen) atoms. The van der Waals surface area contributed by atoms with Gasteiger partial charge >= 0.3 is 11.9 Å². The predicted molar refractivity (Wildman–Crippen MR) is 167 cm³/mol. The van der Waals surface area contributed by atoms with Crippen LogP contribution in [0.1, 0.15) is 181 Å². The molecular formula is C35H64O4. The first-order valence-corrected chi connectivity index (χ1v) is 16.8. The second-order valence-electron chi connectivity index (χ2n) is 11.3. The van der Waals surface area contributed by atoms with Crippen LogP contribution in [0.25, 0.3) is 0 Å². The molecule has 0 rings (SSSR count). The van der Waals surface area contributed by atoms with Crippen molar-refractivity contribution >= 4 is 11.9 Å². The maximum atomic E-state index is 12.5. The first-order chi connectivity index (χ1) is 19.1. The topological polar surface area (TPSA) is 63.6 Å². The number of carboxylic acid groups (broad SMARTS) is 1. The summed E-state index contributed by atoms with van der Waals surface area (Å²) in [5.41, 5.74) is 0. The van der Waals surface area contributed by atoms with Crippen LogP contribution < -0.4 is 0 Å². The average molecular weight is 549 g/mol. The molecule has 0 radical (unpaired) electrons. The van der Waals surface area contributed by atoms with Gasteiger partial charge in [0, 0.05) is 12.8 Å². The summed E-state index contributed by atoms with van der Waals surface area (Å²) in [6.45, 7) is 4.48. The number of carbonyl (C=O) groups is 2. The van der Waals surface area contributed by atoms with Crippen molar-refractivity contribution in [2.45, 2.75) is 187 Å². The minimum absolute atomic E-state index is 0.00656. The van der Waals surface area contributed by atoms with Gasteiger partial charge in [0.2, 0.25) is 0 Å². The third-order valence-electron chi connectivity index (χ3n) is 7.43. The van der Waals surface area contributed by atoms with E-state index < -0.39 is 5.97 Å². The molecule has 0 heterocycles. The predicted octanol–water partition coefficient (Wildman–Crippen LogP) is 11.3. The Labute approximate surface area is 242 Å². The van der Waals surface area contributed by atoms with Gasteiger partial charge in [0.15, 0.2) is 0 Å². The van der Waals surface area contributed by atoms with Crippen molar-refractivity contribution in [3.63, 3.8) is 0 Å². The highest BCUT2D eigenvalue weighted by molar-refractivity contribution is 5.69. The number of hydrogen-bond donors (Lipinski definition) is 1. The van der Waals surface area contributed by atoms with Crippen molar-refractivity contribution in [1.82, 2.24) is 0 Å². The van der Waals surface area contributed by atoms with Gasteiger partial charge in [0.05, 0.1) is 0 Å². The van der Waals surface area contributed by atoms with E-state index in [1.54, 1.807) is 0 Å². The van der Waals surface area contributed by atoms with Gasteiger partial charge < -0.3 is 9.84 Å². The molecule has 0 fully saturated rings. The van der Waals surface area contributed by atoms with Crippen molar-refractivity contribution in [2.75, 3.05) is 0 Å². The zero-order valence-corrected chi connectivity index (χ0v) is 25.9. The van der Waals surface area contributed by atoms with Gasteiger partial charge in [0.1, 0.15) is 6.10 Å². The van der Waals surface area contributed by atoms with E-state index in [4.69, 9.17) is 9.84 Å². The number of allylic oxidation sites excluding steroid dienone is 4. The van der Waals surface area contributed by atoms with Crippen molar-refractivity contribution in [2.24, 2.45) is 0 Å². The summed E-state index contributed by atoms with van der Waals surface area (Å²) in [6.07, 6.45) is 37.6. The lowest BCUT2D eigenvalue weighted by Gasteiger charge is -2.18. The van der Waals surface area contributed by atoms with Crippen molar-refractivity contribution in [3.8, 4) is 0 Å². The van der Waals surface area contributed by atoms with Gasteiger partial charge in [-0.1, -0.05) is 122 Å². The number of esters is 1. The Balaban J connectivity index is 3.93. The summed E-state index contributed by atoms with van der Waals surface area (Å²) in [5.74, 6) is -0.702. The molecule has 1 N–H and O–H groups in total. The van der Waals surface area contributed by atoms with Gasteiger partial charge in [-0.25, -0.2) is 0 Å². The molecule has 0 saturated heterocycles. The summed E-state index contributed by atoms with van der Waals surface area (Å²) >= 11 is 0. The smallest absolute Gasteiger partial charge is 0.306 e. The van der Waals surface area contributed by atoms with Gasteiger partial charge in [-0.3, -0.25) is 9.59 Å². The largest absolute Gasteiger partial charge is 0.481 e. The van der Waals surface area contributed by atoms with E-state index in [0.29, 0.717) is 6.42 Å². The molecule has 0 aromatic rings. The van der Waals surface area contributed by atoms with Gasteiger partial charge in [-0.05, 0) is 70.6 Å². The van der Waals surface area contributed by atoms with Crippen LogP contribution in [0.3, 0.4) is 0 Å². The Bertz CT molecular complexity index is 595. The normalized spacial score (nSPS) is 12.5. The lowest BCUT2D eigenvalue weighted by Crippen LogP contribution is -2.18. The zero-order chi connectivity index (χ0) is 28.7. The number of carboxylic acids is 1. The first kappa shape index (κ1) is 37.4. The van der Waals surface area contributed by atoms with Crippen molar-refractivity contribution in [1.29, 1.82) is 0 Å². The number of rotatable bonds is 30. The molecule has 0 saturated carbocycles. The van der Waals surface area contributed by atoms with Crippen molar-refractivity contribution < 1.29 is 19.4 Å². The zero-order valence-electron chi connectivity index (χ0n) is 25.9. The Hall–Kier alpha value is -1.58. The number of ether oxygens (including phenoxy) is 1. The molecule has 0 aliphatic heterocycles. The second kappa shape index (κ2) is 31.0. The number of aliphatic carboxylic acids is 1. The molecule has 228 valence electrons. The number of carbonyl (C=O) groups excluding carboxylic acids is 1. The van der Waals surface area contributed by atoms with Crippen LogP contribution in [-0.4, -0.2) is 23.1 Å². The van der Waals surface area contributed by atoms with Crippen LogP contribution in [0, 0.1) is 0 Å². The molecule has 4 heteroatoms. The molecule has 1 atom stereocenters. The molecule has 0 spiro atoms. The second-order valence-corrected chi connectivity index (χ2v) is 11.3. The molecule has 4 nitrogen and oxygen atoms in total. The molecular weight excluding hydrogens is 484 g/mol. The highest BCUT2D eigenvalue weighted by Crippen LogP contribution is 2.18. The molecule has 0 aliphatic carbocycles. The van der Waals surface area contributed by atoms with E-state index in [0.717, 1.165) is 83.5 Å². The average Bonchev–Trinajstić information content (AvgIpc) is 2.91. The van der Waals surface area contributed by atoms with Crippen LogP contribution in [0.2, 0.25) is 0 Å². The fourth-order valence-electron chi connectivity index (χ4n) is 4.92. The number of hydrogen-bond acceptors (Lipinski definition) is 3. The lowest BCUT2D eigenvalue weighted by atomic mass is 10.0. The standard InChI is InChI=1S/C35H64O4/c1-3-5-7-9-10-11-12-13-14-15-16-17-18-24-28-32-35(38)39-33(29-25-21-8-6-4-2)30-26-22-19-20-23-27-31-34(36)37/h10-11,13-14,33H,3-9,12,15-32H2,1-2H3,(H,36,37)/b11-10-,14-13-. The fourth-order valence-corrected chi connectivity index (χ4v) is 4.92. The monoisotopic (exact) mass is 548 g/mol. The summed E-state index contributed by atoms with van der Waals surface area (Å²) in [5, 5.41) is 8.73. The Morgan fingerprint density at radius 3 is 1.56 bits per heavy atom. The summed E-state index contributed by atoms with van der Waals surface area (Å²) in [6, 6.07) is 0. The van der Waals surface area contributed by atoms with E-state index in [9.17, 15) is 9.59 Å². The van der Waals surface area contributed by atoms with E-state index in [2.05, 4.69) is 38.2 Å². The lowest BCUT2D eigenvalue weighted by molar-refractivity contribution is -0.150. The van der Waals surface area contributed by atoms with E-state index in [1.165, 1.54) is 70.6 Å². The highest BCUT2D eigenvalue weighted by Gasteiger charge is 2.14. The van der Waals surface area contributed by atoms with Crippen LogP contribution in [0.15, 0.2) is 24.3 Å². The third kappa shape index (κ3) is 30.8. The fraction of sp³-hybridized carbons (Fsp3) is 0.829. The van der Waals surface area contributed by atoms with Crippen LogP contribution in [0.5, 0.6) is 0 Å². The van der Waals surface area contributed by atoms with Crippen molar-refractivity contribution in [3.05, 3.63) is 24.3 Å². The molecule has 0 bridgehead atoms. The van der Waals surface area contributed by atoms with E-state index in [-0.39, 0.29) is 18.5 Å². The molecule has 1 unspecified atom stereocenters. The van der Waals surface area contributed by atoms with Gasteiger partial charge in [-0.2, -0.15) is 0 Å². The third-order valence-corrected chi connectivity index (χ3v) is 7.43. The summed E-state index contributed by atoms with van der Waals surface area (Å²) in [4.78, 5) is 23.1. The summed E-state index contributed by atoms with van der Waals surface area (Å²) < 4.78 is 5.93. The maximum absolute atomic E-state index is 12.5. The van der Waals surface area contributed by atoms with E-state index in [1.807, 2.05) is 0 Å². The minimum atomic E-state index is -0.696. The maximum Gasteiger partial charge on any atom is 0.306 e. The Morgan fingerprint density at radius 2 is 1.00 bits per heavy atom. The highest BCUT2D eigenvalue weighted by atomic mass is 16.5. The first-order valence-electron chi connectivity index (χ1n) is 16.8. The SMILES string of the molecule is CCCCC/C=C\C/C=C\CCCCCCCC(=O)OC(CCCCCCC)CCCCCCCCC(=O)O. The number of unbranched alkanes of at least 4 members (excludes halogenated alkanes) is 17. The quantitative estimate of drug-likeness (QED) is 0.0550. The minimum Gasteiger partial charge on any atom is -0.481 e. The Morgan fingerprint density at radius 1 is 0.564 bits per heavy atom. The van der Waals surface area contributed by atoms with Crippen LogP contribution >= 0.6 is 0 Å². The van der Waals surface area contributed by atoms with Gasteiger partial charge in [-0.15, -0.1) is 0 Å². The molecule has 0 aliphatic rings. The molecule has 0 aromatic heterocycles. The molecule has 0 amide bonds. The Kier molecular flexibility index (Phi) is 29.7. The summed E-state index contributed by atoms with van der Waals surface area (Å²) in [7, 11) is 0. The molecule has 0 aromatic carbocycles. The van der Waals surface area contributed by atoms with Crippen LogP contribution in [-0.2, 0) is 14.3 Å². The van der Waals surface area contributed by atoms with E-state index >= 15 is 0 Å².